The second-order valence-corrected chi connectivity index (χ2v) is 8.05. The number of nitrogens with zero attached hydrogens (tertiary/aromatic N) is 1. The molecule has 0 fully saturated rings. The normalized spacial score (nSPS) is 14.5. The minimum atomic E-state index is -0.528. The van der Waals surface area contributed by atoms with Crippen molar-refractivity contribution in [2.45, 2.75) is 19.3 Å². The molecular formula is C29H26N2O5. The van der Waals surface area contributed by atoms with Gasteiger partial charge < -0.3 is 24.7 Å². The zero-order chi connectivity index (χ0) is 25.5. The Balaban J connectivity index is 1.62. The fourth-order valence-electron chi connectivity index (χ4n) is 3.92. The van der Waals surface area contributed by atoms with Crippen molar-refractivity contribution in [1.29, 1.82) is 5.26 Å². The number of nitriles is 1. The van der Waals surface area contributed by atoms with Crippen LogP contribution in [0.1, 0.15) is 36.0 Å². The molecule has 1 aliphatic heterocycles. The van der Waals surface area contributed by atoms with Crippen molar-refractivity contribution in [2.75, 3.05) is 13.7 Å². The maximum absolute atomic E-state index is 12.3. The molecule has 7 nitrogen and oxygen atoms in total. The highest BCUT2D eigenvalue weighted by Gasteiger charge is 2.31. The Labute approximate surface area is 210 Å². The molecule has 3 aromatic rings. The number of fused-ring (bicyclic) bond motifs is 1. The standard InChI is InChI=1S/C29H26N2O5/c1-3-15-34-24-13-10-20(16-26(24)33-2)28-22-12-11-21(17-25(22)36-29(31)23(28)18-30)35-27(32)14-9-19-7-5-4-6-8-19/h4-14,16-17,28H,3,15,31H2,1-2H3/b14-9+. The maximum atomic E-state index is 12.3. The van der Waals surface area contributed by atoms with Crippen molar-refractivity contribution in [3.05, 3.63) is 101 Å². The second kappa shape index (κ2) is 11.2. The molecule has 0 saturated carbocycles. The van der Waals surface area contributed by atoms with Crippen molar-refractivity contribution in [2.24, 2.45) is 5.73 Å². The second-order valence-electron chi connectivity index (χ2n) is 8.05. The van der Waals surface area contributed by atoms with Crippen LogP contribution in [0.5, 0.6) is 23.0 Å². The van der Waals surface area contributed by atoms with Crippen molar-refractivity contribution < 1.29 is 23.7 Å². The van der Waals surface area contributed by atoms with Crippen LogP contribution in [0.4, 0.5) is 0 Å². The summed E-state index contributed by atoms with van der Waals surface area (Å²) < 4.78 is 22.5. The highest BCUT2D eigenvalue weighted by molar-refractivity contribution is 5.88. The number of rotatable bonds is 8. The fourth-order valence-corrected chi connectivity index (χ4v) is 3.92. The van der Waals surface area contributed by atoms with E-state index in [4.69, 9.17) is 24.7 Å². The molecule has 0 amide bonds. The van der Waals surface area contributed by atoms with Gasteiger partial charge in [-0.3, -0.25) is 0 Å². The molecule has 4 rings (SSSR count). The van der Waals surface area contributed by atoms with E-state index in [9.17, 15) is 10.1 Å². The van der Waals surface area contributed by atoms with Gasteiger partial charge in [0, 0.05) is 17.7 Å². The van der Waals surface area contributed by atoms with E-state index < -0.39 is 11.9 Å². The van der Waals surface area contributed by atoms with Crippen molar-refractivity contribution >= 4 is 12.0 Å². The molecule has 1 unspecified atom stereocenters. The predicted octanol–water partition coefficient (Wildman–Crippen LogP) is 5.32. The van der Waals surface area contributed by atoms with Crippen molar-refractivity contribution in [1.82, 2.24) is 0 Å². The summed E-state index contributed by atoms with van der Waals surface area (Å²) in [6.07, 6.45) is 3.90. The molecule has 7 heteroatoms. The van der Waals surface area contributed by atoms with Crippen LogP contribution in [-0.2, 0) is 4.79 Å². The summed E-state index contributed by atoms with van der Waals surface area (Å²) in [5.74, 6) is 0.851. The Hall–Kier alpha value is -4.70. The molecule has 1 aliphatic rings. The molecule has 0 radical (unpaired) electrons. The van der Waals surface area contributed by atoms with Crippen LogP contribution in [-0.4, -0.2) is 19.7 Å². The molecule has 36 heavy (non-hydrogen) atoms. The fraction of sp³-hybridized carbons (Fsp3) is 0.172. The van der Waals surface area contributed by atoms with Gasteiger partial charge in [0.05, 0.1) is 19.6 Å². The Morgan fingerprint density at radius 3 is 2.64 bits per heavy atom. The van der Waals surface area contributed by atoms with Gasteiger partial charge in [-0.25, -0.2) is 4.79 Å². The molecule has 0 saturated heterocycles. The van der Waals surface area contributed by atoms with Gasteiger partial charge in [0.1, 0.15) is 23.1 Å². The van der Waals surface area contributed by atoms with Crippen LogP contribution in [0.15, 0.2) is 84.3 Å². The first kappa shape index (κ1) is 24.4. The predicted molar refractivity (Wildman–Crippen MR) is 136 cm³/mol. The van der Waals surface area contributed by atoms with E-state index in [1.165, 1.54) is 6.08 Å². The van der Waals surface area contributed by atoms with Gasteiger partial charge in [-0.1, -0.05) is 49.4 Å². The van der Waals surface area contributed by atoms with Gasteiger partial charge in [0.25, 0.3) is 0 Å². The average Bonchev–Trinajstić information content (AvgIpc) is 2.90. The third-order valence-corrected chi connectivity index (χ3v) is 5.60. The van der Waals surface area contributed by atoms with Gasteiger partial charge in [-0.15, -0.1) is 0 Å². The number of ether oxygens (including phenoxy) is 4. The van der Waals surface area contributed by atoms with Gasteiger partial charge in [0.2, 0.25) is 5.88 Å². The van der Waals surface area contributed by atoms with Crippen LogP contribution in [0.25, 0.3) is 6.08 Å². The molecular weight excluding hydrogens is 456 g/mol. The quantitative estimate of drug-likeness (QED) is 0.263. The van der Waals surface area contributed by atoms with Crippen molar-refractivity contribution in [3.8, 4) is 29.1 Å². The average molecular weight is 483 g/mol. The first-order chi connectivity index (χ1) is 17.5. The molecule has 1 heterocycles. The SMILES string of the molecule is CCCOc1ccc(C2C(C#N)=C(N)Oc3cc(OC(=O)/C=C/c4ccccc4)ccc32)cc1OC. The van der Waals surface area contributed by atoms with E-state index in [0.29, 0.717) is 35.2 Å². The number of nitrogens with two attached hydrogens (primary N) is 1. The minimum Gasteiger partial charge on any atom is -0.493 e. The highest BCUT2D eigenvalue weighted by Crippen LogP contribution is 2.45. The Morgan fingerprint density at radius 2 is 1.92 bits per heavy atom. The van der Waals surface area contributed by atoms with Gasteiger partial charge >= 0.3 is 5.97 Å². The third kappa shape index (κ3) is 5.34. The molecule has 182 valence electrons. The largest absolute Gasteiger partial charge is 0.493 e. The summed E-state index contributed by atoms with van der Waals surface area (Å²) >= 11 is 0. The summed E-state index contributed by atoms with van der Waals surface area (Å²) in [6.45, 7) is 2.59. The lowest BCUT2D eigenvalue weighted by atomic mass is 9.83. The van der Waals surface area contributed by atoms with Crippen LogP contribution in [0.2, 0.25) is 0 Å². The third-order valence-electron chi connectivity index (χ3n) is 5.60. The monoisotopic (exact) mass is 482 g/mol. The number of allylic oxidation sites excluding steroid dienone is 1. The number of esters is 1. The van der Waals surface area contributed by atoms with Crippen LogP contribution in [0, 0.1) is 11.3 Å². The van der Waals surface area contributed by atoms with E-state index in [1.807, 2.05) is 55.5 Å². The summed E-state index contributed by atoms with van der Waals surface area (Å²) in [5, 5.41) is 9.84. The number of carbonyl (C=O) groups is 1. The van der Waals surface area contributed by atoms with E-state index in [0.717, 1.165) is 17.5 Å². The van der Waals surface area contributed by atoms with Gasteiger partial charge in [-0.05, 0) is 41.8 Å². The molecule has 1 atom stereocenters. The lowest BCUT2D eigenvalue weighted by molar-refractivity contribution is -0.128. The lowest BCUT2D eigenvalue weighted by Crippen LogP contribution is -2.21. The number of methoxy groups -OCH3 is 1. The Morgan fingerprint density at radius 1 is 1.11 bits per heavy atom. The first-order valence-electron chi connectivity index (χ1n) is 11.5. The number of hydrogen-bond donors (Lipinski definition) is 1. The number of hydrogen-bond acceptors (Lipinski definition) is 7. The topological polar surface area (TPSA) is 104 Å². The first-order valence-corrected chi connectivity index (χ1v) is 11.5. The number of benzene rings is 3. The molecule has 0 aliphatic carbocycles. The maximum Gasteiger partial charge on any atom is 0.336 e. The zero-order valence-electron chi connectivity index (χ0n) is 20.1. The summed E-state index contributed by atoms with van der Waals surface area (Å²) in [4.78, 5) is 12.3. The number of carbonyl (C=O) groups excluding carboxylic acids is 1. The van der Waals surface area contributed by atoms with Crippen LogP contribution in [0.3, 0.4) is 0 Å². The van der Waals surface area contributed by atoms with Crippen LogP contribution < -0.4 is 24.7 Å². The lowest BCUT2D eigenvalue weighted by Gasteiger charge is -2.27. The smallest absolute Gasteiger partial charge is 0.336 e. The molecule has 0 aromatic heterocycles. The summed E-state index contributed by atoms with van der Waals surface area (Å²) in [7, 11) is 1.57. The zero-order valence-corrected chi connectivity index (χ0v) is 20.1. The molecule has 2 N–H and O–H groups in total. The van der Waals surface area contributed by atoms with E-state index >= 15 is 0 Å². The molecule has 3 aromatic carbocycles. The van der Waals surface area contributed by atoms with Gasteiger partial charge in [0.15, 0.2) is 11.5 Å². The molecule has 0 bridgehead atoms. The Bertz CT molecular complexity index is 1360. The Kier molecular flexibility index (Phi) is 7.57. The summed E-state index contributed by atoms with van der Waals surface area (Å²) in [5.41, 5.74) is 8.79. The summed E-state index contributed by atoms with van der Waals surface area (Å²) in [6, 6.07) is 22.2. The van der Waals surface area contributed by atoms with E-state index in [2.05, 4.69) is 6.07 Å². The van der Waals surface area contributed by atoms with Crippen LogP contribution >= 0.6 is 0 Å². The molecule has 0 spiro atoms. The highest BCUT2D eigenvalue weighted by atomic mass is 16.5. The van der Waals surface area contributed by atoms with Crippen molar-refractivity contribution in [3.63, 3.8) is 0 Å². The minimum absolute atomic E-state index is 0.00673. The van der Waals surface area contributed by atoms with E-state index in [1.54, 1.807) is 31.4 Å². The van der Waals surface area contributed by atoms with E-state index in [-0.39, 0.29) is 11.5 Å². The van der Waals surface area contributed by atoms with Gasteiger partial charge in [-0.2, -0.15) is 5.26 Å².